The summed E-state index contributed by atoms with van der Waals surface area (Å²) in [6.07, 6.45) is 0. The summed E-state index contributed by atoms with van der Waals surface area (Å²) in [7, 11) is 1.27. The Morgan fingerprint density at radius 3 is 2.29 bits per heavy atom. The van der Waals surface area contributed by atoms with E-state index in [9.17, 15) is 24.5 Å². The van der Waals surface area contributed by atoms with Gasteiger partial charge in [0.05, 0.1) is 41.6 Å². The minimum atomic E-state index is -1.05. The summed E-state index contributed by atoms with van der Waals surface area (Å²) >= 11 is 0. The van der Waals surface area contributed by atoms with Crippen LogP contribution in [-0.2, 0) is 14.3 Å². The fourth-order valence-electron chi connectivity index (χ4n) is 2.23. The smallest absolute Gasteiger partial charge is 0.340 e. The van der Waals surface area contributed by atoms with Crippen LogP contribution in [0.4, 0.5) is 17.1 Å². The van der Waals surface area contributed by atoms with Crippen LogP contribution in [0.15, 0.2) is 42.5 Å². The standard InChI is InChI=1S/C18H17N3O7/c1-3-28-18(24)12-6-4-5-7-13(12)19-16(22)17(23)20-14-9-8-11(21(25)26)10-15(14)27-2/h4-10H,3H2,1-2H3,(H,19,22)(H,20,23). The zero-order valence-corrected chi connectivity index (χ0v) is 15.1. The first-order chi connectivity index (χ1) is 13.4. The Morgan fingerprint density at radius 2 is 1.68 bits per heavy atom. The molecule has 0 aromatic heterocycles. The number of benzene rings is 2. The van der Waals surface area contributed by atoms with Gasteiger partial charge in [-0.2, -0.15) is 0 Å². The number of ether oxygens (including phenoxy) is 2. The zero-order valence-electron chi connectivity index (χ0n) is 15.1. The minimum absolute atomic E-state index is 0.0160. The van der Waals surface area contributed by atoms with Crippen molar-refractivity contribution in [1.82, 2.24) is 0 Å². The summed E-state index contributed by atoms with van der Waals surface area (Å²) in [6.45, 7) is 1.80. The highest BCUT2D eigenvalue weighted by atomic mass is 16.6. The average Bonchev–Trinajstić information content (AvgIpc) is 2.68. The van der Waals surface area contributed by atoms with Crippen molar-refractivity contribution in [1.29, 1.82) is 0 Å². The van der Waals surface area contributed by atoms with Crippen molar-refractivity contribution in [2.45, 2.75) is 6.92 Å². The number of esters is 1. The van der Waals surface area contributed by atoms with Crippen LogP contribution in [-0.4, -0.2) is 36.4 Å². The number of anilines is 2. The molecule has 0 fully saturated rings. The van der Waals surface area contributed by atoms with Gasteiger partial charge in [-0.1, -0.05) is 12.1 Å². The largest absolute Gasteiger partial charge is 0.494 e. The Hall–Kier alpha value is -3.95. The molecule has 0 atom stereocenters. The van der Waals surface area contributed by atoms with Gasteiger partial charge in [0.15, 0.2) is 0 Å². The number of hydrogen-bond donors (Lipinski definition) is 2. The van der Waals surface area contributed by atoms with Crippen molar-refractivity contribution in [2.75, 3.05) is 24.4 Å². The van der Waals surface area contributed by atoms with E-state index in [1.54, 1.807) is 19.1 Å². The fourth-order valence-corrected chi connectivity index (χ4v) is 2.23. The number of methoxy groups -OCH3 is 1. The number of nitrogens with zero attached hydrogens (tertiary/aromatic N) is 1. The summed E-state index contributed by atoms with van der Waals surface area (Å²) in [6, 6.07) is 9.58. The quantitative estimate of drug-likeness (QED) is 0.336. The van der Waals surface area contributed by atoms with Gasteiger partial charge in [0.25, 0.3) is 5.69 Å². The molecule has 146 valence electrons. The molecule has 0 spiro atoms. The van der Waals surface area contributed by atoms with Crippen LogP contribution >= 0.6 is 0 Å². The highest BCUT2D eigenvalue weighted by Gasteiger charge is 2.20. The van der Waals surface area contributed by atoms with Gasteiger partial charge in [0.2, 0.25) is 0 Å². The monoisotopic (exact) mass is 387 g/mol. The van der Waals surface area contributed by atoms with Gasteiger partial charge in [-0.25, -0.2) is 4.79 Å². The molecule has 10 nitrogen and oxygen atoms in total. The summed E-state index contributed by atoms with van der Waals surface area (Å²) in [5.74, 6) is -2.72. The Balaban J connectivity index is 2.16. The first kappa shape index (κ1) is 20.4. The Kier molecular flexibility index (Phi) is 6.63. The molecule has 0 saturated carbocycles. The maximum atomic E-state index is 12.2. The van der Waals surface area contributed by atoms with E-state index in [0.29, 0.717) is 0 Å². The highest BCUT2D eigenvalue weighted by molar-refractivity contribution is 6.44. The third-order valence-electron chi connectivity index (χ3n) is 3.52. The van der Waals surface area contributed by atoms with Gasteiger partial charge in [-0.3, -0.25) is 19.7 Å². The first-order valence-corrected chi connectivity index (χ1v) is 8.08. The molecule has 0 bridgehead atoms. The van der Waals surface area contributed by atoms with Gasteiger partial charge < -0.3 is 20.1 Å². The Morgan fingerprint density at radius 1 is 1.04 bits per heavy atom. The Labute approximate surface area is 159 Å². The van der Waals surface area contributed by atoms with Crippen molar-refractivity contribution in [3.05, 3.63) is 58.1 Å². The number of carbonyl (C=O) groups excluding carboxylic acids is 3. The maximum absolute atomic E-state index is 12.2. The molecular weight excluding hydrogens is 370 g/mol. The van der Waals surface area contributed by atoms with E-state index >= 15 is 0 Å². The number of nitro groups is 1. The molecule has 0 aliphatic carbocycles. The predicted molar refractivity (Wildman–Crippen MR) is 99.3 cm³/mol. The normalized spacial score (nSPS) is 9.93. The maximum Gasteiger partial charge on any atom is 0.340 e. The molecule has 2 N–H and O–H groups in total. The first-order valence-electron chi connectivity index (χ1n) is 8.08. The van der Waals surface area contributed by atoms with E-state index in [0.717, 1.165) is 12.1 Å². The predicted octanol–water partition coefficient (Wildman–Crippen LogP) is 2.36. The number of para-hydroxylation sites is 1. The van der Waals surface area contributed by atoms with Gasteiger partial charge >= 0.3 is 17.8 Å². The molecule has 2 aromatic rings. The third kappa shape index (κ3) is 4.81. The van der Waals surface area contributed by atoms with Crippen molar-refractivity contribution in [3.63, 3.8) is 0 Å². The molecule has 0 saturated heterocycles. The van der Waals surface area contributed by atoms with E-state index < -0.39 is 22.7 Å². The zero-order chi connectivity index (χ0) is 20.7. The van der Waals surface area contributed by atoms with Crippen molar-refractivity contribution >= 4 is 34.8 Å². The molecule has 0 heterocycles. The molecule has 2 rings (SSSR count). The summed E-state index contributed by atoms with van der Waals surface area (Å²) in [4.78, 5) is 46.5. The van der Waals surface area contributed by atoms with Crippen LogP contribution in [0.3, 0.4) is 0 Å². The highest BCUT2D eigenvalue weighted by Crippen LogP contribution is 2.29. The molecule has 0 aliphatic rings. The summed E-state index contributed by atoms with van der Waals surface area (Å²) < 4.78 is 9.91. The molecule has 28 heavy (non-hydrogen) atoms. The number of hydrogen-bond acceptors (Lipinski definition) is 7. The van der Waals surface area contributed by atoms with Crippen molar-refractivity contribution < 1.29 is 28.8 Å². The number of amides is 2. The van der Waals surface area contributed by atoms with Crippen molar-refractivity contribution in [3.8, 4) is 5.75 Å². The second kappa shape index (κ2) is 9.12. The SMILES string of the molecule is CCOC(=O)c1ccccc1NC(=O)C(=O)Nc1ccc([N+](=O)[O-])cc1OC. The minimum Gasteiger partial charge on any atom is -0.494 e. The van der Waals surface area contributed by atoms with E-state index in [1.165, 1.54) is 25.3 Å². The molecule has 2 aromatic carbocycles. The van der Waals surface area contributed by atoms with Crippen LogP contribution in [0, 0.1) is 10.1 Å². The molecule has 10 heteroatoms. The lowest BCUT2D eigenvalue weighted by atomic mass is 10.2. The summed E-state index contributed by atoms with van der Waals surface area (Å²) in [5.41, 5.74) is 0.0461. The number of rotatable bonds is 6. The van der Waals surface area contributed by atoms with Crippen LogP contribution < -0.4 is 15.4 Å². The van der Waals surface area contributed by atoms with E-state index in [4.69, 9.17) is 9.47 Å². The van der Waals surface area contributed by atoms with Crippen LogP contribution in [0.5, 0.6) is 5.75 Å². The van der Waals surface area contributed by atoms with E-state index in [-0.39, 0.29) is 35.0 Å². The lowest BCUT2D eigenvalue weighted by Gasteiger charge is -2.12. The fraction of sp³-hybridized carbons (Fsp3) is 0.167. The second-order valence-electron chi connectivity index (χ2n) is 5.32. The second-order valence-corrected chi connectivity index (χ2v) is 5.32. The number of non-ortho nitro benzene ring substituents is 1. The molecule has 2 amide bonds. The Bertz CT molecular complexity index is 927. The van der Waals surface area contributed by atoms with E-state index in [1.807, 2.05) is 0 Å². The van der Waals surface area contributed by atoms with Crippen LogP contribution in [0.2, 0.25) is 0 Å². The van der Waals surface area contributed by atoms with Crippen LogP contribution in [0.25, 0.3) is 0 Å². The van der Waals surface area contributed by atoms with E-state index in [2.05, 4.69) is 10.6 Å². The summed E-state index contributed by atoms with van der Waals surface area (Å²) in [5, 5.41) is 15.5. The van der Waals surface area contributed by atoms with Gasteiger partial charge in [-0.05, 0) is 25.1 Å². The topological polar surface area (TPSA) is 137 Å². The van der Waals surface area contributed by atoms with Crippen LogP contribution in [0.1, 0.15) is 17.3 Å². The third-order valence-corrected chi connectivity index (χ3v) is 3.52. The lowest BCUT2D eigenvalue weighted by Crippen LogP contribution is -2.30. The lowest BCUT2D eigenvalue weighted by molar-refractivity contribution is -0.384. The van der Waals surface area contributed by atoms with Gasteiger partial charge in [-0.15, -0.1) is 0 Å². The van der Waals surface area contributed by atoms with Crippen molar-refractivity contribution in [2.24, 2.45) is 0 Å². The molecular formula is C18H17N3O7. The number of nitrogens with one attached hydrogen (secondary N) is 2. The van der Waals surface area contributed by atoms with Gasteiger partial charge in [0.1, 0.15) is 5.75 Å². The molecule has 0 aliphatic heterocycles. The number of nitro benzene ring substituents is 1. The molecule has 0 unspecified atom stereocenters. The molecule has 0 radical (unpaired) electrons. The van der Waals surface area contributed by atoms with Gasteiger partial charge in [0, 0.05) is 6.07 Å². The number of carbonyl (C=O) groups is 3. The average molecular weight is 387 g/mol.